The predicted molar refractivity (Wildman–Crippen MR) is 165 cm³/mol. The number of ether oxygens (including phenoxy) is 1. The lowest BCUT2D eigenvalue weighted by Crippen LogP contribution is -2.56. The van der Waals surface area contributed by atoms with E-state index in [0.717, 1.165) is 33.3 Å². The minimum atomic E-state index is -4.01. The van der Waals surface area contributed by atoms with Crippen molar-refractivity contribution in [2.75, 3.05) is 33.4 Å². The summed E-state index contributed by atoms with van der Waals surface area (Å²) in [4.78, 5) is 0.412. The maximum atomic E-state index is 14.2. The Hall–Kier alpha value is -3.22. The van der Waals surface area contributed by atoms with Crippen LogP contribution in [-0.4, -0.2) is 68.5 Å². The Morgan fingerprint density at radius 2 is 1.42 bits per heavy atom. The van der Waals surface area contributed by atoms with Gasteiger partial charge in [0.2, 0.25) is 20.0 Å². The highest BCUT2D eigenvalue weighted by atomic mass is 32.2. The maximum absolute atomic E-state index is 14.2. The molecule has 0 radical (unpaired) electrons. The minimum absolute atomic E-state index is 0.130. The van der Waals surface area contributed by atoms with Gasteiger partial charge in [0.1, 0.15) is 5.75 Å². The first-order valence-corrected chi connectivity index (χ1v) is 17.2. The standard InChI is InChI=1S/C32H37N3O6S2/c1-22-5-10-25(11-6-22)42(37,38)34-17-15-32(16-18-34)21-35(43(39,40)26-12-7-23(2)8-13-26)29(20-36)31-30(32)27-14-9-24(41-4)19-28(27)33(31)3/h5-14,19,29,36H,15-18,20-21H2,1-4H3/t29-/m1/s1. The lowest BCUT2D eigenvalue weighted by atomic mass is 9.69. The average molecular weight is 624 g/mol. The van der Waals surface area contributed by atoms with Gasteiger partial charge in [-0.2, -0.15) is 8.61 Å². The fourth-order valence-corrected chi connectivity index (χ4v) is 9.94. The number of fused-ring (bicyclic) bond motifs is 4. The van der Waals surface area contributed by atoms with Crippen molar-refractivity contribution >= 4 is 30.9 Å². The lowest BCUT2D eigenvalue weighted by Gasteiger charge is -2.49. The number of benzene rings is 3. The van der Waals surface area contributed by atoms with Crippen molar-refractivity contribution < 1.29 is 26.7 Å². The molecule has 1 aromatic heterocycles. The third kappa shape index (κ3) is 4.78. The summed E-state index contributed by atoms with van der Waals surface area (Å²) in [7, 11) is -4.25. The zero-order valence-electron chi connectivity index (χ0n) is 24.8. The van der Waals surface area contributed by atoms with Crippen molar-refractivity contribution in [3.8, 4) is 5.75 Å². The van der Waals surface area contributed by atoms with E-state index >= 15 is 0 Å². The van der Waals surface area contributed by atoms with Crippen molar-refractivity contribution in [3.05, 3.63) is 89.1 Å². The van der Waals surface area contributed by atoms with Gasteiger partial charge < -0.3 is 14.4 Å². The molecule has 1 spiro atoms. The summed E-state index contributed by atoms with van der Waals surface area (Å²) in [6.07, 6.45) is 0.850. The number of sulfonamides is 2. The van der Waals surface area contributed by atoms with E-state index in [-0.39, 0.29) is 29.4 Å². The summed E-state index contributed by atoms with van der Waals surface area (Å²) in [5, 5.41) is 11.7. The molecular formula is C32H37N3O6S2. The van der Waals surface area contributed by atoms with Crippen LogP contribution in [0, 0.1) is 13.8 Å². The number of rotatable bonds is 6. The van der Waals surface area contributed by atoms with Crippen LogP contribution in [0.4, 0.5) is 0 Å². The van der Waals surface area contributed by atoms with Gasteiger partial charge in [-0.15, -0.1) is 0 Å². The molecule has 4 aromatic rings. The molecule has 1 saturated heterocycles. The Morgan fingerprint density at radius 1 is 0.860 bits per heavy atom. The van der Waals surface area contributed by atoms with Crippen molar-refractivity contribution in [2.24, 2.45) is 7.05 Å². The van der Waals surface area contributed by atoms with Crippen LogP contribution < -0.4 is 4.74 Å². The number of aliphatic hydroxyl groups is 1. The van der Waals surface area contributed by atoms with Crippen molar-refractivity contribution in [1.82, 2.24) is 13.2 Å². The van der Waals surface area contributed by atoms with E-state index in [9.17, 15) is 21.9 Å². The number of aliphatic hydroxyl groups excluding tert-OH is 1. The molecular weight excluding hydrogens is 587 g/mol. The van der Waals surface area contributed by atoms with Gasteiger partial charge in [-0.25, -0.2) is 16.8 Å². The molecule has 2 aliphatic rings. The highest BCUT2D eigenvalue weighted by molar-refractivity contribution is 7.89. The average Bonchev–Trinajstić information content (AvgIpc) is 3.30. The van der Waals surface area contributed by atoms with E-state index in [1.54, 1.807) is 55.6 Å². The zero-order chi connectivity index (χ0) is 30.7. The maximum Gasteiger partial charge on any atom is 0.243 e. The zero-order valence-corrected chi connectivity index (χ0v) is 26.5. The van der Waals surface area contributed by atoms with Crippen LogP contribution in [0.25, 0.3) is 10.9 Å². The predicted octanol–water partition coefficient (Wildman–Crippen LogP) is 4.26. The van der Waals surface area contributed by atoms with E-state index in [2.05, 4.69) is 0 Å². The number of nitrogens with zero attached hydrogens (tertiary/aromatic N) is 3. The molecule has 228 valence electrons. The second-order valence-electron chi connectivity index (χ2n) is 11.8. The van der Waals surface area contributed by atoms with Crippen LogP contribution in [-0.2, 0) is 32.5 Å². The molecule has 1 N–H and O–H groups in total. The quantitative estimate of drug-likeness (QED) is 0.344. The molecule has 0 unspecified atom stereocenters. The van der Waals surface area contributed by atoms with Gasteiger partial charge in [-0.3, -0.25) is 0 Å². The van der Waals surface area contributed by atoms with Crippen LogP contribution in [0.3, 0.4) is 0 Å². The Balaban J connectivity index is 1.49. The number of hydrogen-bond acceptors (Lipinski definition) is 6. The fraction of sp³-hybridized carbons (Fsp3) is 0.375. The molecule has 2 aliphatic heterocycles. The van der Waals surface area contributed by atoms with Crippen LogP contribution in [0.1, 0.15) is 41.3 Å². The van der Waals surface area contributed by atoms with Crippen LogP contribution in [0.15, 0.2) is 76.5 Å². The summed E-state index contributed by atoms with van der Waals surface area (Å²) in [6.45, 7) is 4.03. The van der Waals surface area contributed by atoms with Gasteiger partial charge in [-0.1, -0.05) is 35.4 Å². The molecule has 0 aliphatic carbocycles. The van der Waals surface area contributed by atoms with E-state index in [0.29, 0.717) is 18.6 Å². The van der Waals surface area contributed by atoms with E-state index in [1.807, 2.05) is 43.7 Å². The summed E-state index contributed by atoms with van der Waals surface area (Å²) in [5.74, 6) is 0.670. The first kappa shape index (κ1) is 29.8. The Morgan fingerprint density at radius 3 is 1.95 bits per heavy atom. The minimum Gasteiger partial charge on any atom is -0.497 e. The Bertz CT molecular complexity index is 1890. The first-order chi connectivity index (χ1) is 20.4. The smallest absolute Gasteiger partial charge is 0.243 e. The summed E-state index contributed by atoms with van der Waals surface area (Å²) < 4.78 is 66.1. The molecule has 6 rings (SSSR count). The molecule has 0 saturated carbocycles. The topological polar surface area (TPSA) is 109 Å². The summed E-state index contributed by atoms with van der Waals surface area (Å²) in [6, 6.07) is 18.6. The first-order valence-electron chi connectivity index (χ1n) is 14.4. The van der Waals surface area contributed by atoms with Gasteiger partial charge in [-0.05, 0) is 68.7 Å². The lowest BCUT2D eigenvalue weighted by molar-refractivity contribution is 0.115. The van der Waals surface area contributed by atoms with Crippen molar-refractivity contribution in [2.45, 2.75) is 47.9 Å². The third-order valence-electron chi connectivity index (χ3n) is 9.24. The third-order valence-corrected chi connectivity index (χ3v) is 13.0. The number of piperidine rings is 1. The molecule has 3 heterocycles. The van der Waals surface area contributed by atoms with E-state index in [1.165, 1.54) is 8.61 Å². The molecule has 1 fully saturated rings. The van der Waals surface area contributed by atoms with E-state index < -0.39 is 38.1 Å². The highest BCUT2D eigenvalue weighted by Crippen LogP contribution is 2.51. The molecule has 0 amide bonds. The second-order valence-corrected chi connectivity index (χ2v) is 15.6. The second kappa shape index (κ2) is 10.7. The van der Waals surface area contributed by atoms with Gasteiger partial charge in [0.15, 0.2) is 0 Å². The van der Waals surface area contributed by atoms with Crippen LogP contribution >= 0.6 is 0 Å². The van der Waals surface area contributed by atoms with Crippen LogP contribution in [0.5, 0.6) is 5.75 Å². The number of aryl methyl sites for hydroxylation is 3. The molecule has 0 bridgehead atoms. The van der Waals surface area contributed by atoms with Gasteiger partial charge in [0, 0.05) is 49.2 Å². The van der Waals surface area contributed by atoms with E-state index in [4.69, 9.17) is 4.74 Å². The highest BCUT2D eigenvalue weighted by Gasteiger charge is 2.52. The van der Waals surface area contributed by atoms with Crippen molar-refractivity contribution in [1.29, 1.82) is 0 Å². The molecule has 9 nitrogen and oxygen atoms in total. The van der Waals surface area contributed by atoms with Crippen LogP contribution in [0.2, 0.25) is 0 Å². The molecule has 3 aromatic carbocycles. The Labute approximate surface area is 253 Å². The Kier molecular flexibility index (Phi) is 7.45. The molecule has 11 heteroatoms. The van der Waals surface area contributed by atoms with Crippen molar-refractivity contribution in [3.63, 3.8) is 0 Å². The van der Waals surface area contributed by atoms with Gasteiger partial charge >= 0.3 is 0 Å². The number of aromatic nitrogens is 1. The SMILES string of the molecule is COc1ccc2c3c(n(C)c2c1)[C@@H](CO)N(S(=O)(=O)c1ccc(C)cc1)CC31CCN(S(=O)(=O)c2ccc(C)cc2)CC1. The molecule has 43 heavy (non-hydrogen) atoms. The summed E-state index contributed by atoms with van der Waals surface area (Å²) in [5.41, 5.74) is 3.82. The number of hydrogen-bond donors (Lipinski definition) is 1. The number of methoxy groups -OCH3 is 1. The van der Waals surface area contributed by atoms with Gasteiger partial charge in [0.25, 0.3) is 0 Å². The summed E-state index contributed by atoms with van der Waals surface area (Å²) >= 11 is 0. The normalized spacial score (nSPS) is 19.5. The monoisotopic (exact) mass is 623 g/mol. The largest absolute Gasteiger partial charge is 0.497 e. The van der Waals surface area contributed by atoms with Gasteiger partial charge in [0.05, 0.1) is 35.1 Å². The molecule has 1 atom stereocenters. The fourth-order valence-electron chi connectivity index (χ4n) is 6.83.